The molecule has 27 heavy (non-hydrogen) atoms. The van der Waals surface area contributed by atoms with Crippen LogP contribution in [0.25, 0.3) is 0 Å². The lowest BCUT2D eigenvalue weighted by Gasteiger charge is -2.19. The van der Waals surface area contributed by atoms with Gasteiger partial charge in [-0.1, -0.05) is 18.2 Å². The monoisotopic (exact) mass is 368 g/mol. The number of amides is 4. The third-order valence-corrected chi connectivity index (χ3v) is 4.66. The molecule has 0 radical (unpaired) electrons. The molecule has 2 heterocycles. The van der Waals surface area contributed by atoms with Gasteiger partial charge >= 0.3 is 6.03 Å². The van der Waals surface area contributed by atoms with E-state index in [1.165, 1.54) is 34.1 Å². The Morgan fingerprint density at radius 2 is 1.85 bits per heavy atom. The standard InChI is InChI=1S/C19H17FN4O3/c20-12-5-7-13(8-6-12)24-10-9-23(19(24)27)11-16(25)22-17-14-3-1-2-4-15(14)21-18(17)26/h1-8,17H,9-11H2,(H,21,26)(H,22,25). The van der Waals surface area contributed by atoms with Crippen molar-refractivity contribution in [2.75, 3.05) is 29.9 Å². The number of fused-ring (bicyclic) bond motifs is 1. The van der Waals surface area contributed by atoms with Crippen LogP contribution in [-0.4, -0.2) is 42.4 Å². The fourth-order valence-corrected chi connectivity index (χ4v) is 3.32. The molecular weight excluding hydrogens is 351 g/mol. The fourth-order valence-electron chi connectivity index (χ4n) is 3.32. The van der Waals surface area contributed by atoms with E-state index in [0.717, 1.165) is 0 Å². The number of halogens is 1. The second-order valence-electron chi connectivity index (χ2n) is 6.41. The number of carbonyl (C=O) groups excluding carboxylic acids is 3. The predicted molar refractivity (Wildman–Crippen MR) is 96.7 cm³/mol. The molecule has 1 unspecified atom stereocenters. The summed E-state index contributed by atoms with van der Waals surface area (Å²) in [5.41, 5.74) is 1.96. The zero-order valence-corrected chi connectivity index (χ0v) is 14.3. The van der Waals surface area contributed by atoms with Crippen LogP contribution in [0.1, 0.15) is 11.6 Å². The molecule has 2 aliphatic heterocycles. The van der Waals surface area contributed by atoms with Gasteiger partial charge in [0.05, 0.1) is 0 Å². The van der Waals surface area contributed by atoms with Crippen molar-refractivity contribution >= 4 is 29.2 Å². The Kier molecular flexibility index (Phi) is 4.23. The highest BCUT2D eigenvalue weighted by molar-refractivity contribution is 6.04. The molecule has 4 rings (SSSR count). The number of hydrogen-bond donors (Lipinski definition) is 2. The van der Waals surface area contributed by atoms with Gasteiger partial charge < -0.3 is 15.5 Å². The Bertz CT molecular complexity index is 915. The minimum absolute atomic E-state index is 0.150. The summed E-state index contributed by atoms with van der Waals surface area (Å²) in [4.78, 5) is 39.9. The number of anilines is 2. The summed E-state index contributed by atoms with van der Waals surface area (Å²) < 4.78 is 13.1. The Labute approximate surface area is 154 Å². The van der Waals surface area contributed by atoms with E-state index in [2.05, 4.69) is 10.6 Å². The summed E-state index contributed by atoms with van der Waals surface area (Å²) in [6, 6.07) is 11.7. The Morgan fingerprint density at radius 1 is 1.11 bits per heavy atom. The minimum atomic E-state index is -0.764. The first-order valence-corrected chi connectivity index (χ1v) is 8.54. The van der Waals surface area contributed by atoms with Gasteiger partial charge in [-0.05, 0) is 30.3 Å². The molecule has 4 amide bonds. The lowest BCUT2D eigenvalue weighted by molar-refractivity contribution is -0.126. The largest absolute Gasteiger partial charge is 0.339 e. The Morgan fingerprint density at radius 3 is 2.63 bits per heavy atom. The van der Waals surface area contributed by atoms with Crippen molar-refractivity contribution in [3.8, 4) is 0 Å². The molecule has 1 saturated heterocycles. The number of nitrogens with zero attached hydrogens (tertiary/aromatic N) is 2. The average Bonchev–Trinajstić information content (AvgIpc) is 3.16. The van der Waals surface area contributed by atoms with Crippen molar-refractivity contribution in [3.05, 3.63) is 59.9 Å². The van der Waals surface area contributed by atoms with Gasteiger partial charge in [0, 0.05) is 30.0 Å². The van der Waals surface area contributed by atoms with E-state index in [1.807, 2.05) is 0 Å². The second-order valence-corrected chi connectivity index (χ2v) is 6.41. The number of carbonyl (C=O) groups is 3. The van der Waals surface area contributed by atoms with Crippen LogP contribution in [0.15, 0.2) is 48.5 Å². The van der Waals surface area contributed by atoms with Crippen molar-refractivity contribution in [1.29, 1.82) is 0 Å². The van der Waals surface area contributed by atoms with Crippen LogP contribution >= 0.6 is 0 Å². The van der Waals surface area contributed by atoms with Crippen molar-refractivity contribution in [2.24, 2.45) is 0 Å². The molecule has 1 fully saturated rings. The van der Waals surface area contributed by atoms with Gasteiger partial charge in [-0.3, -0.25) is 14.5 Å². The van der Waals surface area contributed by atoms with Crippen LogP contribution in [0.5, 0.6) is 0 Å². The van der Waals surface area contributed by atoms with Gasteiger partial charge in [-0.15, -0.1) is 0 Å². The SMILES string of the molecule is O=C(CN1CCN(c2ccc(F)cc2)C1=O)NC1C(=O)Nc2ccccc21. The minimum Gasteiger partial charge on any atom is -0.339 e. The third kappa shape index (κ3) is 3.21. The first kappa shape index (κ1) is 17.0. The Hall–Kier alpha value is -3.42. The van der Waals surface area contributed by atoms with E-state index in [4.69, 9.17) is 0 Å². The van der Waals surface area contributed by atoms with Crippen LogP contribution in [0.2, 0.25) is 0 Å². The van der Waals surface area contributed by atoms with Crippen molar-refractivity contribution in [2.45, 2.75) is 6.04 Å². The first-order chi connectivity index (χ1) is 13.0. The molecule has 2 N–H and O–H groups in total. The highest BCUT2D eigenvalue weighted by Crippen LogP contribution is 2.30. The van der Waals surface area contributed by atoms with E-state index in [0.29, 0.717) is 30.0 Å². The normalized spacial score (nSPS) is 18.5. The molecular formula is C19H17FN4O3. The molecule has 0 aromatic heterocycles. The van der Waals surface area contributed by atoms with E-state index in [-0.39, 0.29) is 24.3 Å². The summed E-state index contributed by atoms with van der Waals surface area (Å²) >= 11 is 0. The summed E-state index contributed by atoms with van der Waals surface area (Å²) in [5, 5.41) is 5.40. The molecule has 0 saturated carbocycles. The molecule has 7 nitrogen and oxygen atoms in total. The number of nitrogens with one attached hydrogen (secondary N) is 2. The van der Waals surface area contributed by atoms with Gasteiger partial charge in [0.2, 0.25) is 5.91 Å². The van der Waals surface area contributed by atoms with E-state index < -0.39 is 11.9 Å². The lowest BCUT2D eigenvalue weighted by atomic mass is 10.1. The van der Waals surface area contributed by atoms with Crippen molar-refractivity contribution in [1.82, 2.24) is 10.2 Å². The number of para-hydroxylation sites is 1. The average molecular weight is 368 g/mol. The Balaban J connectivity index is 1.40. The predicted octanol–water partition coefficient (Wildman–Crippen LogP) is 1.88. The first-order valence-electron chi connectivity index (χ1n) is 8.54. The van der Waals surface area contributed by atoms with Crippen molar-refractivity contribution < 1.29 is 18.8 Å². The molecule has 0 aliphatic carbocycles. The maximum absolute atomic E-state index is 13.1. The molecule has 2 aliphatic rings. The molecule has 0 bridgehead atoms. The van der Waals surface area contributed by atoms with Crippen LogP contribution in [-0.2, 0) is 9.59 Å². The summed E-state index contributed by atoms with van der Waals surface area (Å²) in [7, 11) is 0. The second kappa shape index (κ2) is 6.71. The molecule has 138 valence electrons. The highest BCUT2D eigenvalue weighted by Gasteiger charge is 2.34. The molecule has 8 heteroatoms. The van der Waals surface area contributed by atoms with Gasteiger partial charge in [0.25, 0.3) is 5.91 Å². The van der Waals surface area contributed by atoms with Gasteiger partial charge in [0.1, 0.15) is 18.4 Å². The highest BCUT2D eigenvalue weighted by atomic mass is 19.1. The van der Waals surface area contributed by atoms with Crippen LogP contribution in [0, 0.1) is 5.82 Å². The number of rotatable bonds is 4. The molecule has 0 spiro atoms. The fraction of sp³-hybridized carbons (Fsp3) is 0.211. The number of urea groups is 1. The number of benzene rings is 2. The summed E-state index contributed by atoms with van der Waals surface area (Å²) in [6.45, 7) is 0.629. The maximum Gasteiger partial charge on any atom is 0.325 e. The zero-order valence-electron chi connectivity index (χ0n) is 14.3. The van der Waals surface area contributed by atoms with Crippen LogP contribution in [0.4, 0.5) is 20.6 Å². The number of hydrogen-bond acceptors (Lipinski definition) is 3. The van der Waals surface area contributed by atoms with Crippen LogP contribution < -0.4 is 15.5 Å². The van der Waals surface area contributed by atoms with E-state index in [1.54, 1.807) is 24.3 Å². The maximum atomic E-state index is 13.1. The molecule has 2 aromatic rings. The van der Waals surface area contributed by atoms with Gasteiger partial charge in [-0.2, -0.15) is 0 Å². The summed E-state index contributed by atoms with van der Waals surface area (Å²) in [5.74, 6) is -1.09. The van der Waals surface area contributed by atoms with Gasteiger partial charge in [0.15, 0.2) is 0 Å². The molecule has 1 atom stereocenters. The molecule has 2 aromatic carbocycles. The smallest absolute Gasteiger partial charge is 0.325 e. The zero-order chi connectivity index (χ0) is 19.0. The van der Waals surface area contributed by atoms with Crippen LogP contribution in [0.3, 0.4) is 0 Å². The lowest BCUT2D eigenvalue weighted by Crippen LogP contribution is -2.42. The van der Waals surface area contributed by atoms with E-state index in [9.17, 15) is 18.8 Å². The van der Waals surface area contributed by atoms with Crippen molar-refractivity contribution in [3.63, 3.8) is 0 Å². The van der Waals surface area contributed by atoms with Gasteiger partial charge in [-0.25, -0.2) is 9.18 Å². The quantitative estimate of drug-likeness (QED) is 0.865. The van der Waals surface area contributed by atoms with E-state index >= 15 is 0 Å². The topological polar surface area (TPSA) is 81.8 Å². The third-order valence-electron chi connectivity index (χ3n) is 4.66. The summed E-state index contributed by atoms with van der Waals surface area (Å²) in [6.07, 6.45) is 0.